The van der Waals surface area contributed by atoms with E-state index in [1.54, 1.807) is 38.1 Å². The van der Waals surface area contributed by atoms with Crippen LogP contribution in [0.15, 0.2) is 89.1 Å². The molecule has 0 radical (unpaired) electrons. The normalized spacial score (nSPS) is 13.6. The zero-order valence-corrected chi connectivity index (χ0v) is 17.6. The summed E-state index contributed by atoms with van der Waals surface area (Å²) in [5.41, 5.74) is 2.30. The van der Waals surface area contributed by atoms with Crippen molar-refractivity contribution in [2.45, 2.75) is 26.8 Å². The molecule has 2 heterocycles. The van der Waals surface area contributed by atoms with E-state index in [-0.39, 0.29) is 6.04 Å². The molecule has 1 atom stereocenters. The zero-order valence-electron chi connectivity index (χ0n) is 17.6. The summed E-state index contributed by atoms with van der Waals surface area (Å²) in [6.07, 6.45) is 0. The van der Waals surface area contributed by atoms with Crippen LogP contribution in [0.4, 0.5) is 0 Å². The van der Waals surface area contributed by atoms with Gasteiger partial charge >= 0.3 is 11.3 Å². The Morgan fingerprint density at radius 1 is 0.806 bits per heavy atom. The van der Waals surface area contributed by atoms with Gasteiger partial charge in [-0.25, -0.2) is 9.59 Å². The van der Waals surface area contributed by atoms with Crippen LogP contribution in [-0.4, -0.2) is 24.0 Å². The molecule has 0 spiro atoms. The number of nitrogens with zero attached hydrogens (tertiary/aromatic N) is 2. The molecule has 0 bridgehead atoms. The molecule has 0 fully saturated rings. The molecule has 0 N–H and O–H groups in total. The summed E-state index contributed by atoms with van der Waals surface area (Å²) < 4.78 is 10.8. The lowest BCUT2D eigenvalue weighted by Gasteiger charge is -2.08. The Morgan fingerprint density at radius 2 is 1.29 bits per heavy atom. The average molecular weight is 414 g/mol. The zero-order chi connectivity index (χ0) is 22.0. The lowest BCUT2D eigenvalue weighted by atomic mass is 10.1. The summed E-state index contributed by atoms with van der Waals surface area (Å²) in [6, 6.07) is 18.1. The Kier molecular flexibility index (Phi) is 5.62. The van der Waals surface area contributed by atoms with E-state index in [1.165, 1.54) is 0 Å². The number of rotatable bonds is 5. The standard InChI is InChI=1S/C25H22N2O4/c1-15(27-17(3)21-13-19-9-5-7-11-23(19)31-25(21)29)14-26-16(2)20-12-18-8-4-6-10-22(18)30-24(20)28/h4-13,15H,14H2,1-3H3. The summed E-state index contributed by atoms with van der Waals surface area (Å²) in [5.74, 6) is 0. The Bertz CT molecular complexity index is 1440. The number of hydrogen-bond donors (Lipinski definition) is 0. The minimum atomic E-state index is -0.416. The van der Waals surface area contributed by atoms with Crippen molar-refractivity contribution >= 4 is 33.4 Å². The van der Waals surface area contributed by atoms with Gasteiger partial charge in [-0.3, -0.25) is 9.98 Å². The molecule has 4 aromatic rings. The molecule has 156 valence electrons. The summed E-state index contributed by atoms with van der Waals surface area (Å²) in [4.78, 5) is 33.8. The average Bonchev–Trinajstić information content (AvgIpc) is 2.76. The summed E-state index contributed by atoms with van der Waals surface area (Å²) in [5, 5.41) is 1.69. The molecule has 0 aliphatic heterocycles. The second-order valence-corrected chi connectivity index (χ2v) is 7.46. The molecule has 0 saturated heterocycles. The first kappa shape index (κ1) is 20.5. The Hall–Kier alpha value is -3.80. The van der Waals surface area contributed by atoms with Crippen molar-refractivity contribution in [2.75, 3.05) is 6.54 Å². The first-order valence-electron chi connectivity index (χ1n) is 10.0. The molecule has 1 unspecified atom stereocenters. The van der Waals surface area contributed by atoms with Crippen LogP contribution in [0.2, 0.25) is 0 Å². The molecule has 0 amide bonds. The van der Waals surface area contributed by atoms with Gasteiger partial charge in [-0.1, -0.05) is 36.4 Å². The molecule has 0 aliphatic carbocycles. The highest BCUT2D eigenvalue weighted by atomic mass is 16.4. The van der Waals surface area contributed by atoms with Crippen molar-refractivity contribution in [2.24, 2.45) is 9.98 Å². The van der Waals surface area contributed by atoms with Gasteiger partial charge in [-0.15, -0.1) is 0 Å². The minimum absolute atomic E-state index is 0.187. The van der Waals surface area contributed by atoms with Crippen molar-refractivity contribution in [3.63, 3.8) is 0 Å². The predicted octanol–water partition coefficient (Wildman–Crippen LogP) is 4.61. The maximum Gasteiger partial charge on any atom is 0.345 e. The van der Waals surface area contributed by atoms with Gasteiger partial charge in [0, 0.05) is 22.2 Å². The van der Waals surface area contributed by atoms with Crippen molar-refractivity contribution in [1.29, 1.82) is 0 Å². The lowest BCUT2D eigenvalue weighted by Crippen LogP contribution is -2.17. The second kappa shape index (κ2) is 8.52. The fourth-order valence-corrected chi connectivity index (χ4v) is 3.42. The highest BCUT2D eigenvalue weighted by Crippen LogP contribution is 2.14. The third kappa shape index (κ3) is 4.38. The summed E-state index contributed by atoms with van der Waals surface area (Å²) >= 11 is 0. The van der Waals surface area contributed by atoms with E-state index in [9.17, 15) is 9.59 Å². The molecule has 6 heteroatoms. The van der Waals surface area contributed by atoms with Gasteiger partial charge in [-0.05, 0) is 45.0 Å². The summed E-state index contributed by atoms with van der Waals surface area (Å²) in [7, 11) is 0. The topological polar surface area (TPSA) is 85.1 Å². The van der Waals surface area contributed by atoms with Gasteiger partial charge < -0.3 is 8.83 Å². The first-order chi connectivity index (χ1) is 14.9. The van der Waals surface area contributed by atoms with Crippen LogP contribution in [0.3, 0.4) is 0 Å². The Labute approximate surface area is 178 Å². The fourth-order valence-electron chi connectivity index (χ4n) is 3.42. The highest BCUT2D eigenvalue weighted by molar-refractivity contribution is 6.01. The SMILES string of the molecule is CC(=NCC(C)N=C(C)c1cc2ccccc2oc1=O)c1cc2ccccc2oc1=O. The maximum absolute atomic E-state index is 12.3. The molecule has 0 saturated carbocycles. The van der Waals surface area contributed by atoms with Crippen molar-refractivity contribution in [3.05, 3.63) is 92.6 Å². The minimum Gasteiger partial charge on any atom is -0.422 e. The van der Waals surface area contributed by atoms with Gasteiger partial charge in [0.05, 0.1) is 23.7 Å². The van der Waals surface area contributed by atoms with Crippen LogP contribution in [-0.2, 0) is 0 Å². The second-order valence-electron chi connectivity index (χ2n) is 7.46. The third-order valence-corrected chi connectivity index (χ3v) is 5.07. The molecular weight excluding hydrogens is 392 g/mol. The van der Waals surface area contributed by atoms with Crippen molar-refractivity contribution < 1.29 is 8.83 Å². The lowest BCUT2D eigenvalue weighted by molar-refractivity contribution is 0.558. The van der Waals surface area contributed by atoms with E-state index in [4.69, 9.17) is 8.83 Å². The molecule has 6 nitrogen and oxygen atoms in total. The monoisotopic (exact) mass is 414 g/mol. The van der Waals surface area contributed by atoms with Crippen LogP contribution in [0.1, 0.15) is 31.9 Å². The first-order valence-corrected chi connectivity index (χ1v) is 10.0. The Balaban J connectivity index is 1.56. The Morgan fingerprint density at radius 3 is 1.84 bits per heavy atom. The van der Waals surface area contributed by atoms with Crippen molar-refractivity contribution in [1.82, 2.24) is 0 Å². The van der Waals surface area contributed by atoms with E-state index in [1.807, 2.05) is 43.3 Å². The molecular formula is C25H22N2O4. The quantitative estimate of drug-likeness (QED) is 0.353. The van der Waals surface area contributed by atoms with E-state index in [0.29, 0.717) is 40.3 Å². The molecule has 4 rings (SSSR count). The van der Waals surface area contributed by atoms with Gasteiger partial charge in [0.2, 0.25) is 0 Å². The van der Waals surface area contributed by atoms with Crippen LogP contribution < -0.4 is 11.3 Å². The van der Waals surface area contributed by atoms with Crippen LogP contribution in [0.25, 0.3) is 21.9 Å². The number of para-hydroxylation sites is 2. The largest absolute Gasteiger partial charge is 0.422 e. The maximum atomic E-state index is 12.3. The number of benzene rings is 2. The van der Waals surface area contributed by atoms with Gasteiger partial charge in [0.25, 0.3) is 0 Å². The fraction of sp³-hybridized carbons (Fsp3) is 0.200. The van der Waals surface area contributed by atoms with Gasteiger partial charge in [-0.2, -0.15) is 0 Å². The molecule has 2 aromatic carbocycles. The van der Waals surface area contributed by atoms with Crippen LogP contribution in [0.5, 0.6) is 0 Å². The number of fused-ring (bicyclic) bond motifs is 2. The van der Waals surface area contributed by atoms with E-state index in [2.05, 4.69) is 9.98 Å². The summed E-state index contributed by atoms with van der Waals surface area (Å²) in [6.45, 7) is 5.84. The van der Waals surface area contributed by atoms with E-state index >= 15 is 0 Å². The van der Waals surface area contributed by atoms with Gasteiger partial charge in [0.15, 0.2) is 0 Å². The van der Waals surface area contributed by atoms with Crippen LogP contribution in [0, 0.1) is 0 Å². The number of hydrogen-bond acceptors (Lipinski definition) is 6. The van der Waals surface area contributed by atoms with E-state index < -0.39 is 11.3 Å². The van der Waals surface area contributed by atoms with Crippen LogP contribution >= 0.6 is 0 Å². The predicted molar refractivity (Wildman–Crippen MR) is 124 cm³/mol. The van der Waals surface area contributed by atoms with Crippen molar-refractivity contribution in [3.8, 4) is 0 Å². The molecule has 2 aromatic heterocycles. The smallest absolute Gasteiger partial charge is 0.345 e. The van der Waals surface area contributed by atoms with E-state index in [0.717, 1.165) is 10.8 Å². The number of aliphatic imine (C=N–C) groups is 2. The third-order valence-electron chi connectivity index (χ3n) is 5.07. The van der Waals surface area contributed by atoms with Gasteiger partial charge in [0.1, 0.15) is 11.2 Å². The highest BCUT2D eigenvalue weighted by Gasteiger charge is 2.11. The molecule has 0 aliphatic rings. The molecule has 31 heavy (non-hydrogen) atoms.